The molecule has 2 aliphatic carbocycles. The third-order valence-corrected chi connectivity index (χ3v) is 3.72. The maximum atomic E-state index is 12.2. The Balaban J connectivity index is 1.72. The number of rotatable bonds is 4. The van der Waals surface area contributed by atoms with Crippen LogP contribution in [-0.2, 0) is 23.8 Å². The molecule has 0 N–H and O–H groups in total. The molecule has 0 atom stereocenters. The fourth-order valence-electron chi connectivity index (χ4n) is 2.11. The number of esters is 2. The van der Waals surface area contributed by atoms with Crippen molar-refractivity contribution in [2.24, 2.45) is 5.41 Å². The van der Waals surface area contributed by atoms with E-state index in [-0.39, 0.29) is 12.2 Å². The molecule has 0 aromatic carbocycles. The Labute approximate surface area is 106 Å². The minimum absolute atomic E-state index is 0.0194. The second kappa shape index (κ2) is 4.53. The standard InChI is InChI=1S/C13H18O5/c14-11(17-9-1-2-9)13(5-7-16-8-6-13)12(15)18-10-3-4-10/h9-10H,1-8H2. The van der Waals surface area contributed by atoms with Crippen molar-refractivity contribution in [3.63, 3.8) is 0 Å². The molecular weight excluding hydrogens is 236 g/mol. The Kier molecular flexibility index (Phi) is 3.01. The maximum Gasteiger partial charge on any atom is 0.323 e. The van der Waals surface area contributed by atoms with Gasteiger partial charge in [-0.15, -0.1) is 0 Å². The van der Waals surface area contributed by atoms with Crippen molar-refractivity contribution in [3.8, 4) is 0 Å². The quantitative estimate of drug-likeness (QED) is 0.557. The van der Waals surface area contributed by atoms with E-state index >= 15 is 0 Å². The van der Waals surface area contributed by atoms with Crippen LogP contribution in [0.4, 0.5) is 0 Å². The van der Waals surface area contributed by atoms with Crippen LogP contribution in [0.25, 0.3) is 0 Å². The first-order chi connectivity index (χ1) is 8.71. The zero-order valence-electron chi connectivity index (χ0n) is 10.4. The summed E-state index contributed by atoms with van der Waals surface area (Å²) in [6, 6.07) is 0. The van der Waals surface area contributed by atoms with Gasteiger partial charge in [0, 0.05) is 13.2 Å². The number of carbonyl (C=O) groups excluding carboxylic acids is 2. The maximum absolute atomic E-state index is 12.2. The smallest absolute Gasteiger partial charge is 0.323 e. The molecule has 0 radical (unpaired) electrons. The number of hydrogen-bond donors (Lipinski definition) is 0. The normalized spacial score (nSPS) is 26.4. The highest BCUT2D eigenvalue weighted by molar-refractivity contribution is 6.00. The highest BCUT2D eigenvalue weighted by Crippen LogP contribution is 2.38. The molecule has 0 unspecified atom stereocenters. The molecular formula is C13H18O5. The van der Waals surface area contributed by atoms with Crippen LogP contribution in [0.5, 0.6) is 0 Å². The lowest BCUT2D eigenvalue weighted by molar-refractivity contribution is -0.181. The van der Waals surface area contributed by atoms with Gasteiger partial charge < -0.3 is 14.2 Å². The molecule has 3 aliphatic rings. The lowest BCUT2D eigenvalue weighted by atomic mass is 9.80. The summed E-state index contributed by atoms with van der Waals surface area (Å²) in [6.07, 6.45) is 4.45. The van der Waals surface area contributed by atoms with Crippen molar-refractivity contribution in [3.05, 3.63) is 0 Å². The summed E-state index contributed by atoms with van der Waals surface area (Å²) in [5.74, 6) is -0.807. The van der Waals surface area contributed by atoms with E-state index in [2.05, 4.69) is 0 Å². The molecule has 0 bridgehead atoms. The minimum Gasteiger partial charge on any atom is -0.462 e. The first-order valence-corrected chi connectivity index (χ1v) is 6.71. The van der Waals surface area contributed by atoms with Crippen LogP contribution >= 0.6 is 0 Å². The molecule has 3 fully saturated rings. The summed E-state index contributed by atoms with van der Waals surface area (Å²) in [6.45, 7) is 0.832. The number of ether oxygens (including phenoxy) is 3. The zero-order valence-corrected chi connectivity index (χ0v) is 10.4. The monoisotopic (exact) mass is 254 g/mol. The summed E-state index contributed by atoms with van der Waals surface area (Å²) in [7, 11) is 0. The fraction of sp³-hybridized carbons (Fsp3) is 0.846. The second-order valence-electron chi connectivity index (χ2n) is 5.40. The van der Waals surface area contributed by atoms with E-state index in [1.54, 1.807) is 0 Å². The van der Waals surface area contributed by atoms with E-state index < -0.39 is 17.4 Å². The van der Waals surface area contributed by atoms with Gasteiger partial charge in [-0.05, 0) is 38.5 Å². The molecule has 5 nitrogen and oxygen atoms in total. The first kappa shape index (κ1) is 12.0. The summed E-state index contributed by atoms with van der Waals surface area (Å²) >= 11 is 0. The van der Waals surface area contributed by atoms with Gasteiger partial charge in [0.05, 0.1) is 0 Å². The average Bonchev–Trinajstić information content (AvgIpc) is 3.25. The van der Waals surface area contributed by atoms with Gasteiger partial charge in [0.1, 0.15) is 12.2 Å². The third-order valence-electron chi connectivity index (χ3n) is 3.72. The van der Waals surface area contributed by atoms with Gasteiger partial charge in [-0.2, -0.15) is 0 Å². The molecule has 0 spiro atoms. The fourth-order valence-corrected chi connectivity index (χ4v) is 2.11. The van der Waals surface area contributed by atoms with Gasteiger partial charge in [0.2, 0.25) is 0 Å². The van der Waals surface area contributed by atoms with Crippen molar-refractivity contribution in [2.45, 2.75) is 50.7 Å². The zero-order chi connectivity index (χ0) is 12.6. The van der Waals surface area contributed by atoms with Crippen LogP contribution in [-0.4, -0.2) is 37.4 Å². The summed E-state index contributed by atoms with van der Waals surface area (Å²) in [5, 5.41) is 0. The van der Waals surface area contributed by atoms with Crippen LogP contribution in [0.1, 0.15) is 38.5 Å². The van der Waals surface area contributed by atoms with E-state index in [1.807, 2.05) is 0 Å². The first-order valence-electron chi connectivity index (χ1n) is 6.71. The highest BCUT2D eigenvalue weighted by Gasteiger charge is 2.52. The molecule has 0 aromatic heterocycles. The van der Waals surface area contributed by atoms with Crippen LogP contribution in [0.2, 0.25) is 0 Å². The topological polar surface area (TPSA) is 61.8 Å². The van der Waals surface area contributed by atoms with E-state index in [0.717, 1.165) is 25.7 Å². The van der Waals surface area contributed by atoms with E-state index in [9.17, 15) is 9.59 Å². The van der Waals surface area contributed by atoms with E-state index in [1.165, 1.54) is 0 Å². The minimum atomic E-state index is -1.11. The molecule has 0 aromatic rings. The molecule has 1 saturated heterocycles. The summed E-state index contributed by atoms with van der Waals surface area (Å²) in [5.41, 5.74) is -1.11. The second-order valence-corrected chi connectivity index (χ2v) is 5.40. The Hall–Kier alpha value is -1.10. The van der Waals surface area contributed by atoms with Gasteiger partial charge in [0.25, 0.3) is 0 Å². The Bertz CT molecular complexity index is 322. The predicted octanol–water partition coefficient (Wildman–Crippen LogP) is 1.19. The van der Waals surface area contributed by atoms with Gasteiger partial charge >= 0.3 is 11.9 Å². The number of hydrogen-bond acceptors (Lipinski definition) is 5. The van der Waals surface area contributed by atoms with Crippen LogP contribution < -0.4 is 0 Å². The number of carbonyl (C=O) groups is 2. The Morgan fingerprint density at radius 3 is 1.72 bits per heavy atom. The van der Waals surface area contributed by atoms with Crippen LogP contribution in [0, 0.1) is 5.41 Å². The summed E-state index contributed by atoms with van der Waals surface area (Å²) < 4.78 is 15.9. The Morgan fingerprint density at radius 2 is 1.33 bits per heavy atom. The van der Waals surface area contributed by atoms with Gasteiger partial charge in [-0.3, -0.25) is 9.59 Å². The van der Waals surface area contributed by atoms with Crippen molar-refractivity contribution in [1.29, 1.82) is 0 Å². The predicted molar refractivity (Wildman–Crippen MR) is 60.7 cm³/mol. The molecule has 18 heavy (non-hydrogen) atoms. The molecule has 3 rings (SSSR count). The lowest BCUT2D eigenvalue weighted by Gasteiger charge is -2.32. The van der Waals surface area contributed by atoms with Crippen LogP contribution in [0.3, 0.4) is 0 Å². The largest absolute Gasteiger partial charge is 0.462 e. The van der Waals surface area contributed by atoms with Crippen molar-refractivity contribution >= 4 is 11.9 Å². The van der Waals surface area contributed by atoms with Gasteiger partial charge in [-0.25, -0.2) is 0 Å². The molecule has 100 valence electrons. The molecule has 0 amide bonds. The van der Waals surface area contributed by atoms with Crippen molar-refractivity contribution in [1.82, 2.24) is 0 Å². The van der Waals surface area contributed by atoms with Crippen LogP contribution in [0.15, 0.2) is 0 Å². The van der Waals surface area contributed by atoms with Gasteiger partial charge in [0.15, 0.2) is 5.41 Å². The molecule has 1 heterocycles. The summed E-state index contributed by atoms with van der Waals surface area (Å²) in [4.78, 5) is 24.5. The third kappa shape index (κ3) is 2.36. The van der Waals surface area contributed by atoms with Crippen molar-refractivity contribution in [2.75, 3.05) is 13.2 Å². The molecule has 1 aliphatic heterocycles. The Morgan fingerprint density at radius 1 is 0.889 bits per heavy atom. The molecule has 5 heteroatoms. The average molecular weight is 254 g/mol. The molecule has 2 saturated carbocycles. The lowest BCUT2D eigenvalue weighted by Crippen LogP contribution is -2.46. The van der Waals surface area contributed by atoms with Crippen molar-refractivity contribution < 1.29 is 23.8 Å². The van der Waals surface area contributed by atoms with E-state index in [0.29, 0.717) is 26.1 Å². The van der Waals surface area contributed by atoms with Gasteiger partial charge in [-0.1, -0.05) is 0 Å². The highest BCUT2D eigenvalue weighted by atomic mass is 16.6. The SMILES string of the molecule is O=C(OC1CC1)C1(C(=O)OC2CC2)CCOCC1. The van der Waals surface area contributed by atoms with E-state index in [4.69, 9.17) is 14.2 Å².